The number of esters is 2. The lowest BCUT2D eigenvalue weighted by Gasteiger charge is -2.21. The quantitative estimate of drug-likeness (QED) is 0.452. The number of nitrogens with one attached hydrogen (secondary N) is 1. The Kier molecular flexibility index (Phi) is 8.78. The number of carbonyl (C=O) groups excluding carboxylic acids is 3. The van der Waals surface area contributed by atoms with Gasteiger partial charge in [-0.3, -0.25) is 9.59 Å². The number of nitrogens with two attached hydrogens (primary N) is 1. The Labute approximate surface area is 154 Å². The van der Waals surface area contributed by atoms with Gasteiger partial charge in [0.2, 0.25) is 5.91 Å². The Morgan fingerprint density at radius 3 is 2.62 bits per heavy atom. The SMILES string of the molecule is C=CCOC(=O)CCC(NC(=O)C(N)C(C)C)C(=O)OC1=CC(C)=CC1. The Bertz CT molecular complexity index is 607. The summed E-state index contributed by atoms with van der Waals surface area (Å²) in [7, 11) is 0. The summed E-state index contributed by atoms with van der Waals surface area (Å²) in [5, 5.41) is 2.58. The average Bonchev–Trinajstić information content (AvgIpc) is 3.00. The van der Waals surface area contributed by atoms with E-state index in [-0.39, 0.29) is 25.4 Å². The van der Waals surface area contributed by atoms with Crippen molar-refractivity contribution in [1.82, 2.24) is 5.32 Å². The van der Waals surface area contributed by atoms with Crippen LogP contribution in [0.15, 0.2) is 36.1 Å². The van der Waals surface area contributed by atoms with Gasteiger partial charge in [-0.15, -0.1) is 0 Å². The van der Waals surface area contributed by atoms with Gasteiger partial charge in [0.05, 0.1) is 6.04 Å². The van der Waals surface area contributed by atoms with Gasteiger partial charge in [0.1, 0.15) is 18.4 Å². The molecule has 0 bridgehead atoms. The lowest BCUT2D eigenvalue weighted by Crippen LogP contribution is -2.50. The van der Waals surface area contributed by atoms with Gasteiger partial charge in [-0.25, -0.2) is 4.79 Å². The van der Waals surface area contributed by atoms with E-state index in [1.54, 1.807) is 6.08 Å². The van der Waals surface area contributed by atoms with Crippen molar-refractivity contribution in [1.29, 1.82) is 0 Å². The molecule has 7 heteroatoms. The standard InChI is InChI=1S/C19H28N2O5/c1-5-10-25-16(22)9-8-15(21-18(23)17(20)12(2)3)19(24)26-14-7-6-13(4)11-14/h5-6,11-12,15,17H,1,7-10,20H2,2-4H3,(H,21,23). The first-order chi connectivity index (χ1) is 12.2. The van der Waals surface area contributed by atoms with Gasteiger partial charge in [0.25, 0.3) is 0 Å². The molecule has 0 fully saturated rings. The molecule has 0 saturated heterocycles. The molecule has 2 atom stereocenters. The molecule has 3 N–H and O–H groups in total. The second-order valence-electron chi connectivity index (χ2n) is 6.53. The molecule has 1 amide bonds. The van der Waals surface area contributed by atoms with Crippen molar-refractivity contribution in [2.45, 2.75) is 52.1 Å². The largest absolute Gasteiger partial charge is 0.461 e. The molecule has 2 unspecified atom stereocenters. The second-order valence-corrected chi connectivity index (χ2v) is 6.53. The highest BCUT2D eigenvalue weighted by Crippen LogP contribution is 2.19. The first-order valence-electron chi connectivity index (χ1n) is 8.66. The van der Waals surface area contributed by atoms with E-state index in [2.05, 4.69) is 11.9 Å². The molecule has 0 radical (unpaired) electrons. The van der Waals surface area contributed by atoms with Crippen LogP contribution in [-0.4, -0.2) is 36.5 Å². The number of hydrogen-bond donors (Lipinski definition) is 2. The van der Waals surface area contributed by atoms with Crippen LogP contribution in [-0.2, 0) is 23.9 Å². The zero-order chi connectivity index (χ0) is 19.7. The molecule has 0 spiro atoms. The normalized spacial score (nSPS) is 15.6. The Hall–Kier alpha value is -2.41. The van der Waals surface area contributed by atoms with Gasteiger partial charge < -0.3 is 20.5 Å². The fraction of sp³-hybridized carbons (Fsp3) is 0.526. The van der Waals surface area contributed by atoms with E-state index in [4.69, 9.17) is 15.2 Å². The van der Waals surface area contributed by atoms with Crippen LogP contribution in [0, 0.1) is 5.92 Å². The maximum atomic E-state index is 12.5. The minimum Gasteiger partial charge on any atom is -0.461 e. The molecule has 0 saturated carbocycles. The predicted octanol–water partition coefficient (Wildman–Crippen LogP) is 1.74. The third kappa shape index (κ3) is 7.23. The fourth-order valence-electron chi connectivity index (χ4n) is 2.21. The first-order valence-corrected chi connectivity index (χ1v) is 8.66. The maximum absolute atomic E-state index is 12.5. The van der Waals surface area contributed by atoms with Crippen LogP contribution in [0.25, 0.3) is 0 Å². The summed E-state index contributed by atoms with van der Waals surface area (Å²) in [6.07, 6.45) is 5.68. The second kappa shape index (κ2) is 10.6. The minimum absolute atomic E-state index is 0.0405. The monoisotopic (exact) mass is 364 g/mol. The summed E-state index contributed by atoms with van der Waals surface area (Å²) in [6.45, 7) is 9.07. The zero-order valence-corrected chi connectivity index (χ0v) is 15.6. The van der Waals surface area contributed by atoms with Crippen molar-refractivity contribution in [2.75, 3.05) is 6.61 Å². The summed E-state index contributed by atoms with van der Waals surface area (Å²) in [5.41, 5.74) is 6.83. The van der Waals surface area contributed by atoms with Crippen LogP contribution in [0.3, 0.4) is 0 Å². The molecular weight excluding hydrogens is 336 g/mol. The van der Waals surface area contributed by atoms with Gasteiger partial charge in [-0.05, 0) is 25.3 Å². The average molecular weight is 364 g/mol. The van der Waals surface area contributed by atoms with Crippen LogP contribution in [0.2, 0.25) is 0 Å². The van der Waals surface area contributed by atoms with E-state index in [1.807, 2.05) is 26.8 Å². The van der Waals surface area contributed by atoms with Crippen LogP contribution >= 0.6 is 0 Å². The third-order valence-electron chi connectivity index (χ3n) is 3.87. The van der Waals surface area contributed by atoms with Gasteiger partial charge in [0, 0.05) is 12.8 Å². The maximum Gasteiger partial charge on any atom is 0.333 e. The van der Waals surface area contributed by atoms with Crippen molar-refractivity contribution in [3.05, 3.63) is 36.1 Å². The molecule has 0 aromatic heterocycles. The van der Waals surface area contributed by atoms with E-state index in [0.717, 1.165) is 5.57 Å². The molecule has 0 aromatic rings. The van der Waals surface area contributed by atoms with E-state index < -0.39 is 29.9 Å². The van der Waals surface area contributed by atoms with Crippen molar-refractivity contribution in [3.8, 4) is 0 Å². The van der Waals surface area contributed by atoms with E-state index >= 15 is 0 Å². The number of ether oxygens (including phenoxy) is 2. The summed E-state index contributed by atoms with van der Waals surface area (Å²) >= 11 is 0. The molecular formula is C19H28N2O5. The summed E-state index contributed by atoms with van der Waals surface area (Å²) < 4.78 is 10.2. The molecule has 0 aromatic carbocycles. The Morgan fingerprint density at radius 2 is 2.08 bits per heavy atom. The molecule has 0 aliphatic heterocycles. The Balaban J connectivity index is 2.71. The van der Waals surface area contributed by atoms with Crippen LogP contribution in [0.1, 0.15) is 40.0 Å². The van der Waals surface area contributed by atoms with Gasteiger partial charge in [-0.2, -0.15) is 0 Å². The topological polar surface area (TPSA) is 108 Å². The molecule has 1 aliphatic carbocycles. The van der Waals surface area contributed by atoms with E-state index in [9.17, 15) is 14.4 Å². The lowest BCUT2D eigenvalue weighted by atomic mass is 10.0. The van der Waals surface area contributed by atoms with Crippen molar-refractivity contribution < 1.29 is 23.9 Å². The van der Waals surface area contributed by atoms with Crippen molar-refractivity contribution in [2.24, 2.45) is 11.7 Å². The molecule has 144 valence electrons. The number of hydrogen-bond acceptors (Lipinski definition) is 6. The predicted molar refractivity (Wildman–Crippen MR) is 97.7 cm³/mol. The minimum atomic E-state index is -0.981. The highest BCUT2D eigenvalue weighted by Gasteiger charge is 2.28. The van der Waals surface area contributed by atoms with Gasteiger partial charge in [-0.1, -0.05) is 38.2 Å². The summed E-state index contributed by atoms with van der Waals surface area (Å²) in [6, 6.07) is -1.74. The summed E-state index contributed by atoms with van der Waals surface area (Å²) in [5.74, 6) is -1.15. The molecule has 1 rings (SSSR count). The van der Waals surface area contributed by atoms with Gasteiger partial charge in [0.15, 0.2) is 0 Å². The van der Waals surface area contributed by atoms with Gasteiger partial charge >= 0.3 is 11.9 Å². The number of amides is 1. The van der Waals surface area contributed by atoms with Crippen molar-refractivity contribution in [3.63, 3.8) is 0 Å². The van der Waals surface area contributed by atoms with Crippen LogP contribution < -0.4 is 11.1 Å². The van der Waals surface area contributed by atoms with Crippen molar-refractivity contribution >= 4 is 17.8 Å². The fourth-order valence-corrected chi connectivity index (χ4v) is 2.21. The third-order valence-corrected chi connectivity index (χ3v) is 3.87. The van der Waals surface area contributed by atoms with Crippen LogP contribution in [0.4, 0.5) is 0 Å². The van der Waals surface area contributed by atoms with Crippen LogP contribution in [0.5, 0.6) is 0 Å². The number of allylic oxidation sites excluding steroid dienone is 3. The van der Waals surface area contributed by atoms with E-state index in [0.29, 0.717) is 12.2 Å². The number of rotatable bonds is 10. The first kappa shape index (κ1) is 21.6. The smallest absolute Gasteiger partial charge is 0.333 e. The molecule has 0 heterocycles. The molecule has 26 heavy (non-hydrogen) atoms. The lowest BCUT2D eigenvalue weighted by molar-refractivity contribution is -0.146. The molecule has 1 aliphatic rings. The number of carbonyl (C=O) groups is 3. The van der Waals surface area contributed by atoms with E-state index in [1.165, 1.54) is 6.08 Å². The summed E-state index contributed by atoms with van der Waals surface area (Å²) in [4.78, 5) is 36.3. The highest BCUT2D eigenvalue weighted by atomic mass is 16.5. The molecule has 7 nitrogen and oxygen atoms in total. The highest BCUT2D eigenvalue weighted by molar-refractivity contribution is 5.88. The Morgan fingerprint density at radius 1 is 1.38 bits per heavy atom. The zero-order valence-electron chi connectivity index (χ0n) is 15.6.